The molecule has 0 fully saturated rings. The Kier molecular flexibility index (Phi) is 1.04. The topological polar surface area (TPSA) is 19.9 Å². The predicted molar refractivity (Wildman–Crippen MR) is 38.8 cm³/mol. The van der Waals surface area contributed by atoms with Crippen LogP contribution in [0.2, 0.25) is 0 Å². The summed E-state index contributed by atoms with van der Waals surface area (Å²) in [7, 11) is 0. The van der Waals surface area contributed by atoms with Gasteiger partial charge in [-0.3, -0.25) is 5.11 Å². The van der Waals surface area contributed by atoms with Crippen LogP contribution in [0.25, 0.3) is 5.76 Å². The number of benzene rings is 1. The van der Waals surface area contributed by atoms with Crippen molar-refractivity contribution in [1.82, 2.24) is 0 Å². The number of rotatable bonds is 0. The van der Waals surface area contributed by atoms with Crippen LogP contribution in [0.4, 0.5) is 0 Å². The lowest BCUT2D eigenvalue weighted by atomic mass is 10.1. The SMILES string of the molecule is [O]C1=CCc2ccccc21. The molecule has 1 heteroatoms. The summed E-state index contributed by atoms with van der Waals surface area (Å²) in [6.07, 6.45) is 2.54. The summed E-state index contributed by atoms with van der Waals surface area (Å²) >= 11 is 0. The molecular formula is C9H7O. The summed E-state index contributed by atoms with van der Waals surface area (Å²) in [5.41, 5.74) is 2.04. The van der Waals surface area contributed by atoms with Gasteiger partial charge in [0.15, 0.2) is 5.76 Å². The first-order chi connectivity index (χ1) is 4.88. The molecule has 0 aromatic heterocycles. The number of allylic oxidation sites excluding steroid dienone is 1. The lowest BCUT2D eigenvalue weighted by Gasteiger charge is -1.94. The summed E-state index contributed by atoms with van der Waals surface area (Å²) < 4.78 is 0. The van der Waals surface area contributed by atoms with E-state index in [2.05, 4.69) is 0 Å². The van der Waals surface area contributed by atoms with Crippen LogP contribution in [0.3, 0.4) is 0 Å². The van der Waals surface area contributed by atoms with Crippen molar-refractivity contribution in [2.45, 2.75) is 6.42 Å². The molecule has 0 atom stereocenters. The second-order valence-electron chi connectivity index (χ2n) is 2.43. The largest absolute Gasteiger partial charge is 0.290 e. The summed E-state index contributed by atoms with van der Waals surface area (Å²) in [4.78, 5) is 0. The van der Waals surface area contributed by atoms with Crippen molar-refractivity contribution in [3.63, 3.8) is 0 Å². The maximum atomic E-state index is 11.0. The summed E-state index contributed by atoms with van der Waals surface area (Å²) in [6, 6.07) is 7.74. The second-order valence-corrected chi connectivity index (χ2v) is 2.43. The van der Waals surface area contributed by atoms with Crippen LogP contribution < -0.4 is 0 Å². The molecule has 1 radical (unpaired) electrons. The zero-order valence-corrected chi connectivity index (χ0v) is 5.50. The van der Waals surface area contributed by atoms with E-state index in [-0.39, 0.29) is 5.76 Å². The van der Waals surface area contributed by atoms with E-state index in [9.17, 15) is 5.11 Å². The minimum Gasteiger partial charge on any atom is -0.290 e. The maximum Gasteiger partial charge on any atom is 0.182 e. The van der Waals surface area contributed by atoms with E-state index in [0.29, 0.717) is 0 Å². The number of hydrogen-bond donors (Lipinski definition) is 0. The van der Waals surface area contributed by atoms with Gasteiger partial charge in [-0.2, -0.15) is 0 Å². The Hall–Kier alpha value is -1.24. The first-order valence-corrected chi connectivity index (χ1v) is 3.33. The van der Waals surface area contributed by atoms with Gasteiger partial charge in [-0.05, 0) is 18.1 Å². The smallest absolute Gasteiger partial charge is 0.182 e. The van der Waals surface area contributed by atoms with Gasteiger partial charge in [-0.1, -0.05) is 24.3 Å². The van der Waals surface area contributed by atoms with E-state index in [1.165, 1.54) is 0 Å². The first kappa shape index (κ1) is 5.54. The first-order valence-electron chi connectivity index (χ1n) is 3.33. The van der Waals surface area contributed by atoms with Crippen LogP contribution in [-0.4, -0.2) is 0 Å². The Labute approximate surface area is 59.6 Å². The van der Waals surface area contributed by atoms with E-state index < -0.39 is 0 Å². The molecule has 0 heterocycles. The van der Waals surface area contributed by atoms with Gasteiger partial charge in [-0.25, -0.2) is 0 Å². The molecule has 0 saturated heterocycles. The summed E-state index contributed by atoms with van der Waals surface area (Å²) in [6.45, 7) is 0. The maximum absolute atomic E-state index is 11.0. The molecular weight excluding hydrogens is 124 g/mol. The highest BCUT2D eigenvalue weighted by atomic mass is 16.3. The summed E-state index contributed by atoms with van der Waals surface area (Å²) in [5.74, 6) is 0.176. The monoisotopic (exact) mass is 131 g/mol. The van der Waals surface area contributed by atoms with Crippen molar-refractivity contribution in [1.29, 1.82) is 0 Å². The van der Waals surface area contributed by atoms with Crippen LogP contribution in [0.15, 0.2) is 30.3 Å². The molecule has 1 aromatic rings. The van der Waals surface area contributed by atoms with E-state index in [1.807, 2.05) is 24.3 Å². The zero-order chi connectivity index (χ0) is 6.97. The van der Waals surface area contributed by atoms with Crippen molar-refractivity contribution in [2.75, 3.05) is 0 Å². The van der Waals surface area contributed by atoms with E-state index in [0.717, 1.165) is 17.5 Å². The van der Waals surface area contributed by atoms with Crippen LogP contribution in [0.1, 0.15) is 11.1 Å². The van der Waals surface area contributed by atoms with Crippen LogP contribution >= 0.6 is 0 Å². The zero-order valence-electron chi connectivity index (χ0n) is 5.50. The van der Waals surface area contributed by atoms with Gasteiger partial charge >= 0.3 is 0 Å². The van der Waals surface area contributed by atoms with Gasteiger partial charge in [-0.15, -0.1) is 0 Å². The molecule has 2 rings (SSSR count). The minimum atomic E-state index is 0.176. The van der Waals surface area contributed by atoms with Crippen molar-refractivity contribution in [2.24, 2.45) is 0 Å². The lowest BCUT2D eigenvalue weighted by Crippen LogP contribution is -1.80. The molecule has 0 N–H and O–H groups in total. The van der Waals surface area contributed by atoms with Gasteiger partial charge < -0.3 is 0 Å². The standard InChI is InChI=1S/C9H7O/c10-9-6-5-7-3-1-2-4-8(7)9/h1-4,6H,5H2. The molecule has 0 spiro atoms. The van der Waals surface area contributed by atoms with Gasteiger partial charge in [0.1, 0.15) is 0 Å². The molecule has 1 aliphatic carbocycles. The van der Waals surface area contributed by atoms with Crippen LogP contribution in [-0.2, 0) is 11.5 Å². The molecule has 0 saturated carbocycles. The Balaban J connectivity index is 2.61. The fourth-order valence-electron chi connectivity index (χ4n) is 1.25. The van der Waals surface area contributed by atoms with Crippen molar-refractivity contribution in [3.05, 3.63) is 41.5 Å². The third-order valence-corrected chi connectivity index (χ3v) is 1.79. The minimum absolute atomic E-state index is 0.176. The Morgan fingerprint density at radius 3 is 2.80 bits per heavy atom. The molecule has 0 aliphatic heterocycles. The summed E-state index contributed by atoms with van der Waals surface area (Å²) in [5, 5.41) is 11.0. The Morgan fingerprint density at radius 1 is 1.20 bits per heavy atom. The second kappa shape index (κ2) is 1.87. The fourth-order valence-corrected chi connectivity index (χ4v) is 1.25. The van der Waals surface area contributed by atoms with Crippen LogP contribution in [0, 0.1) is 0 Å². The van der Waals surface area contributed by atoms with Gasteiger partial charge in [0, 0.05) is 5.56 Å². The Morgan fingerprint density at radius 2 is 2.00 bits per heavy atom. The van der Waals surface area contributed by atoms with Crippen molar-refractivity contribution >= 4 is 5.76 Å². The van der Waals surface area contributed by atoms with Gasteiger partial charge in [0.05, 0.1) is 0 Å². The highest BCUT2D eigenvalue weighted by Crippen LogP contribution is 2.24. The van der Waals surface area contributed by atoms with Gasteiger partial charge in [0.2, 0.25) is 0 Å². The van der Waals surface area contributed by atoms with E-state index in [4.69, 9.17) is 0 Å². The average molecular weight is 131 g/mol. The lowest BCUT2D eigenvalue weighted by molar-refractivity contribution is 0.390. The molecule has 10 heavy (non-hydrogen) atoms. The number of hydrogen-bond acceptors (Lipinski definition) is 0. The molecule has 49 valence electrons. The van der Waals surface area contributed by atoms with E-state index in [1.54, 1.807) is 6.08 Å². The molecule has 1 aliphatic rings. The quantitative estimate of drug-likeness (QED) is 0.513. The van der Waals surface area contributed by atoms with Crippen LogP contribution in [0.5, 0.6) is 0 Å². The third-order valence-electron chi connectivity index (χ3n) is 1.79. The number of fused-ring (bicyclic) bond motifs is 1. The molecule has 1 aromatic carbocycles. The van der Waals surface area contributed by atoms with Gasteiger partial charge in [0.25, 0.3) is 0 Å². The average Bonchev–Trinajstić information content (AvgIpc) is 2.34. The van der Waals surface area contributed by atoms with E-state index >= 15 is 0 Å². The highest BCUT2D eigenvalue weighted by Gasteiger charge is 2.12. The predicted octanol–water partition coefficient (Wildman–Crippen LogP) is 2.01. The molecule has 0 amide bonds. The fraction of sp³-hybridized carbons (Fsp3) is 0.111. The van der Waals surface area contributed by atoms with Crippen molar-refractivity contribution in [3.8, 4) is 0 Å². The molecule has 0 bridgehead atoms. The normalized spacial score (nSPS) is 14.6. The third kappa shape index (κ3) is 0.637. The molecule has 1 nitrogen and oxygen atoms in total. The highest BCUT2D eigenvalue weighted by molar-refractivity contribution is 5.66. The molecule has 0 unspecified atom stereocenters. The van der Waals surface area contributed by atoms with Crippen molar-refractivity contribution < 1.29 is 5.11 Å². The Bertz CT molecular complexity index is 287.